The lowest BCUT2D eigenvalue weighted by Crippen LogP contribution is -2.61. The van der Waals surface area contributed by atoms with Gasteiger partial charge in [0.25, 0.3) is 5.91 Å². The highest BCUT2D eigenvalue weighted by atomic mass is 16.6. The van der Waals surface area contributed by atoms with Crippen molar-refractivity contribution in [2.75, 3.05) is 25.9 Å². The van der Waals surface area contributed by atoms with E-state index in [0.29, 0.717) is 24.3 Å². The smallest absolute Gasteiger partial charge is 0.410 e. The topological polar surface area (TPSA) is 75.9 Å². The zero-order chi connectivity index (χ0) is 16.5. The van der Waals surface area contributed by atoms with Crippen LogP contribution in [0.2, 0.25) is 0 Å². The van der Waals surface area contributed by atoms with E-state index in [2.05, 4.69) is 0 Å². The first-order chi connectivity index (χ1) is 10.2. The van der Waals surface area contributed by atoms with E-state index < -0.39 is 5.60 Å². The number of anilines is 1. The molecule has 2 amide bonds. The van der Waals surface area contributed by atoms with Gasteiger partial charge < -0.3 is 20.3 Å². The Morgan fingerprint density at radius 1 is 1.23 bits per heavy atom. The molecule has 0 radical (unpaired) electrons. The molecule has 1 aliphatic rings. The third-order valence-electron chi connectivity index (χ3n) is 3.54. The van der Waals surface area contributed by atoms with Crippen LogP contribution in [-0.2, 0) is 4.74 Å². The number of likely N-dealkylation sites (tertiary alicyclic amines) is 1. The molecule has 6 heteroatoms. The van der Waals surface area contributed by atoms with E-state index in [9.17, 15) is 9.59 Å². The molecule has 1 aromatic carbocycles. The van der Waals surface area contributed by atoms with Crippen molar-refractivity contribution in [3.63, 3.8) is 0 Å². The van der Waals surface area contributed by atoms with Gasteiger partial charge in [0, 0.05) is 31.4 Å². The predicted molar refractivity (Wildman–Crippen MR) is 84.5 cm³/mol. The molecule has 0 saturated carbocycles. The van der Waals surface area contributed by atoms with Gasteiger partial charge in [0.15, 0.2) is 0 Å². The van der Waals surface area contributed by atoms with Crippen LogP contribution in [0.3, 0.4) is 0 Å². The Hall–Kier alpha value is -2.24. The van der Waals surface area contributed by atoms with Crippen molar-refractivity contribution < 1.29 is 14.3 Å². The van der Waals surface area contributed by atoms with E-state index in [1.54, 1.807) is 41.1 Å². The third kappa shape index (κ3) is 3.69. The number of nitrogens with two attached hydrogens (primary N) is 1. The second-order valence-corrected chi connectivity index (χ2v) is 6.58. The summed E-state index contributed by atoms with van der Waals surface area (Å²) in [6.45, 7) is 6.52. The molecule has 2 N–H and O–H groups in total. The van der Waals surface area contributed by atoms with Crippen LogP contribution in [0.4, 0.5) is 10.5 Å². The van der Waals surface area contributed by atoms with Gasteiger partial charge >= 0.3 is 6.09 Å². The maximum Gasteiger partial charge on any atom is 0.410 e. The van der Waals surface area contributed by atoms with Crippen molar-refractivity contribution in [2.45, 2.75) is 32.4 Å². The van der Waals surface area contributed by atoms with Crippen LogP contribution < -0.4 is 5.73 Å². The molecule has 1 aromatic rings. The summed E-state index contributed by atoms with van der Waals surface area (Å²) in [5, 5.41) is 0. The van der Waals surface area contributed by atoms with E-state index in [-0.39, 0.29) is 18.0 Å². The fraction of sp³-hybridized carbons (Fsp3) is 0.500. The quantitative estimate of drug-likeness (QED) is 0.847. The molecular weight excluding hydrogens is 282 g/mol. The molecule has 0 spiro atoms. The van der Waals surface area contributed by atoms with Crippen LogP contribution in [0, 0.1) is 0 Å². The Labute approximate surface area is 130 Å². The Bertz CT molecular complexity index is 557. The van der Waals surface area contributed by atoms with E-state index in [4.69, 9.17) is 10.5 Å². The van der Waals surface area contributed by atoms with Gasteiger partial charge in [-0.3, -0.25) is 4.79 Å². The Morgan fingerprint density at radius 3 is 2.27 bits per heavy atom. The van der Waals surface area contributed by atoms with Gasteiger partial charge in [-0.2, -0.15) is 0 Å². The number of likely N-dealkylation sites (N-methyl/N-ethyl adjacent to an activating group) is 1. The van der Waals surface area contributed by atoms with E-state index >= 15 is 0 Å². The molecule has 1 saturated heterocycles. The van der Waals surface area contributed by atoms with Crippen molar-refractivity contribution in [3.05, 3.63) is 29.8 Å². The first-order valence-electron chi connectivity index (χ1n) is 7.28. The van der Waals surface area contributed by atoms with Crippen molar-refractivity contribution in [1.82, 2.24) is 9.80 Å². The molecule has 2 rings (SSSR count). The molecular formula is C16H23N3O3. The first-order valence-corrected chi connectivity index (χ1v) is 7.28. The number of carbonyl (C=O) groups excluding carboxylic acids is 2. The van der Waals surface area contributed by atoms with Crippen LogP contribution in [0.5, 0.6) is 0 Å². The highest BCUT2D eigenvalue weighted by molar-refractivity contribution is 5.95. The molecule has 1 heterocycles. The summed E-state index contributed by atoms with van der Waals surface area (Å²) in [4.78, 5) is 27.5. The van der Waals surface area contributed by atoms with Gasteiger partial charge in [-0.15, -0.1) is 0 Å². The minimum Gasteiger partial charge on any atom is -0.444 e. The first kappa shape index (κ1) is 16.1. The van der Waals surface area contributed by atoms with Gasteiger partial charge in [-0.25, -0.2) is 4.79 Å². The molecule has 0 unspecified atom stereocenters. The molecule has 0 bridgehead atoms. The molecule has 0 aromatic heterocycles. The Balaban J connectivity index is 1.88. The lowest BCUT2D eigenvalue weighted by molar-refractivity contribution is -0.00206. The van der Waals surface area contributed by atoms with Gasteiger partial charge in [-0.1, -0.05) is 0 Å². The fourth-order valence-electron chi connectivity index (χ4n) is 2.16. The number of amides is 2. The third-order valence-corrected chi connectivity index (χ3v) is 3.54. The maximum absolute atomic E-state index is 12.3. The Morgan fingerprint density at radius 2 is 1.77 bits per heavy atom. The number of nitrogens with zero attached hydrogens (tertiary/aromatic N) is 2. The number of carbonyl (C=O) groups is 2. The average Bonchev–Trinajstić information content (AvgIpc) is 2.35. The zero-order valence-corrected chi connectivity index (χ0v) is 13.5. The normalized spacial score (nSPS) is 15.2. The molecule has 1 fully saturated rings. The largest absolute Gasteiger partial charge is 0.444 e. The number of rotatable bonds is 2. The monoisotopic (exact) mass is 305 g/mol. The number of ether oxygens (including phenoxy) is 1. The fourth-order valence-corrected chi connectivity index (χ4v) is 2.16. The SMILES string of the molecule is CN(C(=O)OC(C)(C)C)C1CN(C(=O)c2ccc(N)cc2)C1. The average molecular weight is 305 g/mol. The van der Waals surface area contributed by atoms with Gasteiger partial charge in [0.05, 0.1) is 6.04 Å². The van der Waals surface area contributed by atoms with Crippen molar-refractivity contribution >= 4 is 17.7 Å². The number of hydrogen-bond acceptors (Lipinski definition) is 4. The maximum atomic E-state index is 12.3. The molecule has 120 valence electrons. The van der Waals surface area contributed by atoms with Crippen molar-refractivity contribution in [1.29, 1.82) is 0 Å². The summed E-state index contributed by atoms with van der Waals surface area (Å²) in [6, 6.07) is 6.83. The van der Waals surface area contributed by atoms with E-state index in [0.717, 1.165) is 0 Å². The molecule has 6 nitrogen and oxygen atoms in total. The molecule has 22 heavy (non-hydrogen) atoms. The van der Waals surface area contributed by atoms with E-state index in [1.807, 2.05) is 20.8 Å². The lowest BCUT2D eigenvalue weighted by Gasteiger charge is -2.43. The van der Waals surface area contributed by atoms with Gasteiger partial charge in [-0.05, 0) is 45.0 Å². The standard InChI is InChI=1S/C16H23N3O3/c1-16(2,3)22-15(21)18(4)13-9-19(10-13)14(20)11-5-7-12(17)8-6-11/h5-8,13H,9-10,17H2,1-4H3. The highest BCUT2D eigenvalue weighted by Gasteiger charge is 2.37. The van der Waals surface area contributed by atoms with Gasteiger partial charge in [0.1, 0.15) is 5.60 Å². The Kier molecular flexibility index (Phi) is 4.30. The minimum absolute atomic E-state index is 0.00687. The summed E-state index contributed by atoms with van der Waals surface area (Å²) in [6.07, 6.45) is -0.364. The summed E-state index contributed by atoms with van der Waals surface area (Å²) in [5.74, 6) is -0.0474. The second-order valence-electron chi connectivity index (χ2n) is 6.58. The predicted octanol–water partition coefficient (Wildman–Crippen LogP) is 1.96. The summed E-state index contributed by atoms with van der Waals surface area (Å²) >= 11 is 0. The van der Waals surface area contributed by atoms with Crippen LogP contribution in [0.15, 0.2) is 24.3 Å². The van der Waals surface area contributed by atoms with Crippen LogP contribution >= 0.6 is 0 Å². The second kappa shape index (κ2) is 5.87. The van der Waals surface area contributed by atoms with Gasteiger partial charge in [0.2, 0.25) is 0 Å². The zero-order valence-electron chi connectivity index (χ0n) is 13.5. The number of hydrogen-bond donors (Lipinski definition) is 1. The molecule has 0 atom stereocenters. The number of nitrogen functional groups attached to an aromatic ring is 1. The summed E-state index contributed by atoms with van der Waals surface area (Å²) < 4.78 is 5.32. The van der Waals surface area contributed by atoms with Crippen LogP contribution in [0.1, 0.15) is 31.1 Å². The number of benzene rings is 1. The van der Waals surface area contributed by atoms with E-state index in [1.165, 1.54) is 0 Å². The highest BCUT2D eigenvalue weighted by Crippen LogP contribution is 2.20. The molecule has 1 aliphatic heterocycles. The van der Waals surface area contributed by atoms with Crippen molar-refractivity contribution in [2.24, 2.45) is 0 Å². The van der Waals surface area contributed by atoms with Crippen LogP contribution in [0.25, 0.3) is 0 Å². The summed E-state index contributed by atoms with van der Waals surface area (Å²) in [7, 11) is 1.70. The summed E-state index contributed by atoms with van der Waals surface area (Å²) in [5.41, 5.74) is 6.32. The van der Waals surface area contributed by atoms with Crippen molar-refractivity contribution in [3.8, 4) is 0 Å². The minimum atomic E-state index is -0.519. The molecule has 0 aliphatic carbocycles. The lowest BCUT2D eigenvalue weighted by atomic mass is 10.1. The van der Waals surface area contributed by atoms with Crippen LogP contribution in [-0.4, -0.2) is 53.6 Å².